The molecule has 13 nitrogen and oxygen atoms in total. The molecular formula is C44H46N6O7S. The summed E-state index contributed by atoms with van der Waals surface area (Å²) in [5.74, 6) is -4.63. The second kappa shape index (κ2) is 19.7. The van der Waals surface area contributed by atoms with Crippen LogP contribution in [0.15, 0.2) is 121 Å². The molecule has 300 valence electrons. The lowest BCUT2D eigenvalue weighted by atomic mass is 9.98. The number of carboxylic acid groups (broad SMARTS) is 1. The van der Waals surface area contributed by atoms with Crippen LogP contribution < -0.4 is 32.3 Å². The molecule has 0 fully saturated rings. The molecule has 1 unspecified atom stereocenters. The van der Waals surface area contributed by atoms with Gasteiger partial charge in [0, 0.05) is 30.2 Å². The molecule has 3 aliphatic rings. The Hall–Kier alpha value is -6.25. The van der Waals surface area contributed by atoms with Gasteiger partial charge in [0.25, 0.3) is 0 Å². The highest BCUT2D eigenvalue weighted by molar-refractivity contribution is 8.03. The van der Waals surface area contributed by atoms with Crippen molar-refractivity contribution in [1.82, 2.24) is 21.3 Å². The average Bonchev–Trinajstić information content (AvgIpc) is 3.74. The van der Waals surface area contributed by atoms with Crippen molar-refractivity contribution in [3.05, 3.63) is 137 Å². The number of amides is 5. The maximum Gasteiger partial charge on any atom is 0.326 e. The fourth-order valence-corrected chi connectivity index (χ4v) is 7.77. The highest BCUT2D eigenvalue weighted by atomic mass is 32.2. The Morgan fingerprint density at radius 1 is 0.638 bits per heavy atom. The molecule has 8 N–H and O–H groups in total. The number of carbonyl (C=O) groups is 6. The van der Waals surface area contributed by atoms with Gasteiger partial charge in [-0.15, -0.1) is 11.8 Å². The molecule has 0 radical (unpaired) electrons. The van der Waals surface area contributed by atoms with E-state index in [1.165, 1.54) is 11.8 Å². The molecule has 3 aliphatic heterocycles. The van der Waals surface area contributed by atoms with Gasteiger partial charge in [0.2, 0.25) is 29.5 Å². The summed E-state index contributed by atoms with van der Waals surface area (Å²) in [7, 11) is 0. The zero-order chi connectivity index (χ0) is 41.0. The van der Waals surface area contributed by atoms with E-state index >= 15 is 0 Å². The first-order chi connectivity index (χ1) is 28.0. The van der Waals surface area contributed by atoms with E-state index in [-0.39, 0.29) is 37.4 Å². The minimum absolute atomic E-state index is 0.0139. The monoisotopic (exact) mass is 802 g/mol. The molecule has 4 aromatic rings. The van der Waals surface area contributed by atoms with Crippen LogP contribution in [0.4, 0.5) is 5.69 Å². The van der Waals surface area contributed by atoms with Crippen molar-refractivity contribution in [3.8, 4) is 11.1 Å². The van der Waals surface area contributed by atoms with Gasteiger partial charge in [0.1, 0.15) is 24.2 Å². The normalized spacial score (nSPS) is 23.4. The number of hydrogen-bond acceptors (Lipinski definition) is 8. The van der Waals surface area contributed by atoms with Crippen LogP contribution in [0, 0.1) is 0 Å². The van der Waals surface area contributed by atoms with E-state index in [0.717, 1.165) is 11.1 Å². The minimum atomic E-state index is -1.37. The lowest BCUT2D eigenvalue weighted by molar-refractivity contribution is -0.142. The van der Waals surface area contributed by atoms with Crippen molar-refractivity contribution in [2.75, 3.05) is 5.32 Å². The van der Waals surface area contributed by atoms with Crippen LogP contribution in [-0.4, -0.2) is 76.1 Å². The number of carbonyl (C=O) groups excluding carboxylic acids is 5. The summed E-state index contributed by atoms with van der Waals surface area (Å²) in [6, 6.07) is 26.3. The average molecular weight is 803 g/mol. The Morgan fingerprint density at radius 2 is 1.19 bits per heavy atom. The summed E-state index contributed by atoms with van der Waals surface area (Å²) in [5.41, 5.74) is 10.5. The summed E-state index contributed by atoms with van der Waals surface area (Å²) >= 11 is 1.51. The number of nitrogens with one attached hydrogen (secondary N) is 5. The number of benzene rings is 4. The van der Waals surface area contributed by atoms with Gasteiger partial charge in [-0.2, -0.15) is 0 Å². The van der Waals surface area contributed by atoms with Gasteiger partial charge in [-0.25, -0.2) is 4.79 Å². The van der Waals surface area contributed by atoms with Crippen molar-refractivity contribution < 1.29 is 33.9 Å². The van der Waals surface area contributed by atoms with Crippen LogP contribution >= 0.6 is 11.8 Å². The molecular weight excluding hydrogens is 757 g/mol. The Labute approximate surface area is 340 Å². The van der Waals surface area contributed by atoms with Crippen LogP contribution in [0.5, 0.6) is 0 Å². The first-order valence-corrected chi connectivity index (χ1v) is 20.0. The van der Waals surface area contributed by atoms with E-state index in [2.05, 4.69) is 26.6 Å². The number of aliphatic carboxylic acids is 1. The standard InChI is InChI=1S/C44H46N6O7S/c45-34-26-39(51)46-32-19-15-29(16-20-32)24-38(44(56)57)50-42(54)35(22-27-8-3-1-4-9-27)48-41(53)36(23-28-13-17-31(18-14-28)30-10-5-2-6-11-30)49-43(55)37(47-40(34)52)25-33-12-7-21-58-33/h1-11,13-21,33-38H,12,22-26,45H2,(H,46,51)(H,47,52)(H,48,53)(H,49,55)(H,50,54)(H,56,57)/t33?,34-,35-,36+,37-,38+/m1/s1. The van der Waals surface area contributed by atoms with Crippen molar-refractivity contribution in [2.24, 2.45) is 5.73 Å². The molecule has 0 saturated heterocycles. The summed E-state index contributed by atoms with van der Waals surface area (Å²) in [6.07, 6.45) is 2.38. The Morgan fingerprint density at radius 3 is 1.79 bits per heavy atom. The molecule has 0 saturated carbocycles. The zero-order valence-electron chi connectivity index (χ0n) is 31.6. The summed E-state index contributed by atoms with van der Waals surface area (Å²) in [4.78, 5) is 81.5. The van der Waals surface area contributed by atoms with Crippen LogP contribution in [0.2, 0.25) is 0 Å². The van der Waals surface area contributed by atoms with Gasteiger partial charge in [0.15, 0.2) is 0 Å². The molecule has 14 heteroatoms. The number of allylic oxidation sites excluding steroid dienone is 1. The predicted octanol–water partition coefficient (Wildman–Crippen LogP) is 3.48. The number of hydrogen-bond donors (Lipinski definition) is 7. The number of rotatable bonds is 8. The molecule has 3 heterocycles. The highest BCUT2D eigenvalue weighted by Gasteiger charge is 2.34. The second-order valence-corrected chi connectivity index (χ2v) is 15.6. The smallest absolute Gasteiger partial charge is 0.326 e. The van der Waals surface area contributed by atoms with E-state index in [1.807, 2.05) is 72.1 Å². The number of anilines is 1. The van der Waals surface area contributed by atoms with Gasteiger partial charge in [-0.1, -0.05) is 103 Å². The fourth-order valence-electron chi connectivity index (χ4n) is 6.80. The fraction of sp³-hybridized carbons (Fsp3) is 0.273. The van der Waals surface area contributed by atoms with Crippen molar-refractivity contribution in [2.45, 2.75) is 74.0 Å². The Bertz CT molecular complexity index is 2110. The van der Waals surface area contributed by atoms with E-state index in [0.29, 0.717) is 28.8 Å². The summed E-state index contributed by atoms with van der Waals surface area (Å²) < 4.78 is 0. The first-order valence-electron chi connectivity index (χ1n) is 19.1. The van der Waals surface area contributed by atoms with E-state index < -0.39 is 65.7 Å². The van der Waals surface area contributed by atoms with E-state index in [9.17, 15) is 33.9 Å². The Balaban J connectivity index is 1.34. The SMILES string of the molecule is N[C@@H]1CC(=O)Nc2ccc(cc2)C[C@@H](C(=O)O)NC(=O)[C@@H](Cc2ccccc2)NC(=O)[C@H](Cc2ccc(-c3ccccc3)cc2)NC(=O)[C@@H](CC2CC=CS2)NC1=O. The number of carboxylic acids is 1. The van der Waals surface area contributed by atoms with Gasteiger partial charge >= 0.3 is 5.97 Å². The molecule has 5 amide bonds. The first kappa shape index (κ1) is 41.4. The lowest BCUT2D eigenvalue weighted by Crippen LogP contribution is -2.59. The minimum Gasteiger partial charge on any atom is -0.480 e. The van der Waals surface area contributed by atoms with Crippen LogP contribution in [-0.2, 0) is 48.0 Å². The number of nitrogens with two attached hydrogens (primary N) is 1. The second-order valence-electron chi connectivity index (χ2n) is 14.4. The summed E-state index contributed by atoms with van der Waals surface area (Å²) in [6.45, 7) is 0. The molecule has 7 rings (SSSR count). The molecule has 4 aromatic carbocycles. The summed E-state index contributed by atoms with van der Waals surface area (Å²) in [5, 5.41) is 25.7. The lowest BCUT2D eigenvalue weighted by Gasteiger charge is -2.27. The van der Waals surface area contributed by atoms with Crippen LogP contribution in [0.1, 0.15) is 36.0 Å². The number of thioether (sulfide) groups is 1. The molecule has 0 aliphatic carbocycles. The van der Waals surface area contributed by atoms with Gasteiger partial charge in [-0.3, -0.25) is 24.0 Å². The van der Waals surface area contributed by atoms with E-state index in [1.54, 1.807) is 48.5 Å². The van der Waals surface area contributed by atoms with Gasteiger partial charge < -0.3 is 37.4 Å². The molecule has 6 atom stereocenters. The maximum atomic E-state index is 14.4. The third-order valence-corrected chi connectivity index (χ3v) is 11.1. The Kier molecular flexibility index (Phi) is 14.1. The quantitative estimate of drug-likeness (QED) is 0.130. The number of fused-ring (bicyclic) bond motifs is 18. The highest BCUT2D eigenvalue weighted by Crippen LogP contribution is 2.28. The largest absolute Gasteiger partial charge is 0.480 e. The third kappa shape index (κ3) is 11.6. The van der Waals surface area contributed by atoms with E-state index in [4.69, 9.17) is 5.73 Å². The van der Waals surface area contributed by atoms with Gasteiger partial charge in [-0.05, 0) is 58.2 Å². The third-order valence-electron chi connectivity index (χ3n) is 9.98. The van der Waals surface area contributed by atoms with Gasteiger partial charge in [0.05, 0.1) is 12.5 Å². The molecule has 0 aromatic heterocycles. The predicted molar refractivity (Wildman–Crippen MR) is 222 cm³/mol. The molecule has 58 heavy (non-hydrogen) atoms. The van der Waals surface area contributed by atoms with Crippen molar-refractivity contribution in [1.29, 1.82) is 0 Å². The zero-order valence-corrected chi connectivity index (χ0v) is 32.5. The molecule has 2 bridgehead atoms. The maximum absolute atomic E-state index is 14.4. The van der Waals surface area contributed by atoms with Crippen molar-refractivity contribution >= 4 is 53.0 Å². The van der Waals surface area contributed by atoms with Crippen LogP contribution in [0.25, 0.3) is 11.1 Å². The molecule has 0 spiro atoms. The topological polar surface area (TPSA) is 209 Å². The van der Waals surface area contributed by atoms with Crippen molar-refractivity contribution in [3.63, 3.8) is 0 Å². The van der Waals surface area contributed by atoms with Crippen LogP contribution in [0.3, 0.4) is 0 Å².